The zero-order chi connectivity index (χ0) is 22.7. The number of benzene rings is 2. The van der Waals surface area contributed by atoms with E-state index in [9.17, 15) is 13.2 Å². The molecule has 162 valence electrons. The first-order valence-electron chi connectivity index (χ1n) is 9.47. The molecule has 4 aromatic rings. The van der Waals surface area contributed by atoms with Crippen molar-refractivity contribution in [3.8, 4) is 17.2 Å². The number of fused-ring (bicyclic) bond motifs is 1. The van der Waals surface area contributed by atoms with Gasteiger partial charge in [0, 0.05) is 6.26 Å². The number of carbonyl (C=O) groups excluding carboxylic acids is 1. The fourth-order valence-corrected chi connectivity index (χ4v) is 4.70. The Morgan fingerprint density at radius 1 is 1.16 bits per heavy atom. The van der Waals surface area contributed by atoms with E-state index < -0.39 is 9.84 Å². The predicted octanol–water partition coefficient (Wildman–Crippen LogP) is 2.52. The number of sulfone groups is 1. The van der Waals surface area contributed by atoms with Gasteiger partial charge in [-0.1, -0.05) is 18.2 Å². The second kappa shape index (κ2) is 8.86. The third-order valence-corrected chi connectivity index (χ3v) is 6.64. The van der Waals surface area contributed by atoms with Crippen molar-refractivity contribution in [2.75, 3.05) is 12.8 Å². The quantitative estimate of drug-likeness (QED) is 0.409. The van der Waals surface area contributed by atoms with Crippen LogP contribution in [0.15, 0.2) is 51.8 Å². The van der Waals surface area contributed by atoms with Gasteiger partial charge in [-0.3, -0.25) is 4.79 Å². The molecule has 0 saturated heterocycles. The van der Waals surface area contributed by atoms with E-state index in [4.69, 9.17) is 9.68 Å². The van der Waals surface area contributed by atoms with Gasteiger partial charge in [0.1, 0.15) is 18.0 Å². The van der Waals surface area contributed by atoms with Crippen LogP contribution in [0.1, 0.15) is 16.8 Å². The molecule has 0 spiro atoms. The molecule has 11 heteroatoms. The van der Waals surface area contributed by atoms with E-state index in [0.29, 0.717) is 12.3 Å². The molecule has 1 N–H and O–H groups in total. The van der Waals surface area contributed by atoms with E-state index in [1.807, 2.05) is 30.3 Å². The normalized spacial score (nSPS) is 11.4. The number of carbonyl (C=O) groups is 1. The van der Waals surface area contributed by atoms with Crippen LogP contribution in [0, 0.1) is 11.3 Å². The molecular weight excluding hydrogens is 450 g/mol. The first-order valence-corrected chi connectivity index (χ1v) is 12.2. The zero-order valence-corrected chi connectivity index (χ0v) is 18.5. The zero-order valence-electron chi connectivity index (χ0n) is 16.9. The van der Waals surface area contributed by atoms with Gasteiger partial charge in [-0.05, 0) is 35.4 Å². The molecule has 0 atom stereocenters. The summed E-state index contributed by atoms with van der Waals surface area (Å²) in [6.45, 7) is -0.0773. The summed E-state index contributed by atoms with van der Waals surface area (Å²) in [5, 5.41) is 19.5. The summed E-state index contributed by atoms with van der Waals surface area (Å²) in [5.74, 6) is 0.145. The first-order chi connectivity index (χ1) is 15.3. The van der Waals surface area contributed by atoms with Crippen molar-refractivity contribution in [1.29, 1.82) is 5.26 Å². The predicted molar refractivity (Wildman–Crippen MR) is 118 cm³/mol. The van der Waals surface area contributed by atoms with Gasteiger partial charge in [0.2, 0.25) is 17.7 Å². The Balaban J connectivity index is 1.52. The molecule has 0 radical (unpaired) electrons. The van der Waals surface area contributed by atoms with Crippen molar-refractivity contribution in [1.82, 2.24) is 20.5 Å². The number of nitrogens with one attached hydrogen (secondary N) is 1. The third kappa shape index (κ3) is 4.99. The molecule has 32 heavy (non-hydrogen) atoms. The highest BCUT2D eigenvalue weighted by Gasteiger charge is 2.14. The van der Waals surface area contributed by atoms with Crippen LogP contribution in [0.4, 0.5) is 0 Å². The van der Waals surface area contributed by atoms with Crippen LogP contribution in [0.2, 0.25) is 0 Å². The molecule has 0 aliphatic rings. The molecule has 2 heterocycles. The highest BCUT2D eigenvalue weighted by Crippen LogP contribution is 2.30. The lowest BCUT2D eigenvalue weighted by atomic mass is 10.1. The summed E-state index contributed by atoms with van der Waals surface area (Å²) < 4.78 is 30.2. The Labute approximate surface area is 187 Å². The lowest BCUT2D eigenvalue weighted by Gasteiger charge is -2.04. The van der Waals surface area contributed by atoms with E-state index in [1.165, 1.54) is 17.6 Å². The summed E-state index contributed by atoms with van der Waals surface area (Å²) in [4.78, 5) is 16.5. The van der Waals surface area contributed by atoms with Crippen molar-refractivity contribution < 1.29 is 17.6 Å². The summed E-state index contributed by atoms with van der Waals surface area (Å²) >= 11 is 1.47. The standard InChI is InChI=1S/C21H17N5O4S2/c1-32(28,29)15-4-2-3-13(9-15)14-5-6-16-17(10-14)31-21(24-16)12-20-26-25-19(30-20)11-18(27)23-8-7-22/h2-6,9-10H,8,11-12H2,1H3,(H,23,27). The second-order valence-corrected chi connectivity index (χ2v) is 10.1. The monoisotopic (exact) mass is 467 g/mol. The molecule has 0 aliphatic carbocycles. The summed E-state index contributed by atoms with van der Waals surface area (Å²) in [6.07, 6.45) is 1.42. The molecule has 0 bridgehead atoms. The van der Waals surface area contributed by atoms with Crippen LogP contribution in [-0.4, -0.2) is 42.3 Å². The highest BCUT2D eigenvalue weighted by molar-refractivity contribution is 7.90. The van der Waals surface area contributed by atoms with Gasteiger partial charge >= 0.3 is 0 Å². The number of aromatic nitrogens is 3. The van der Waals surface area contributed by atoms with Crippen LogP contribution in [0.25, 0.3) is 21.3 Å². The van der Waals surface area contributed by atoms with Crippen LogP contribution in [-0.2, 0) is 27.5 Å². The largest absolute Gasteiger partial charge is 0.424 e. The van der Waals surface area contributed by atoms with E-state index >= 15 is 0 Å². The number of hydrogen-bond donors (Lipinski definition) is 1. The highest BCUT2D eigenvalue weighted by atomic mass is 32.2. The lowest BCUT2D eigenvalue weighted by molar-refractivity contribution is -0.120. The Kier molecular flexibility index (Phi) is 5.98. The number of rotatable bonds is 7. The minimum Gasteiger partial charge on any atom is -0.424 e. The van der Waals surface area contributed by atoms with Gasteiger partial charge < -0.3 is 9.73 Å². The lowest BCUT2D eigenvalue weighted by Crippen LogP contribution is -2.25. The van der Waals surface area contributed by atoms with Crippen molar-refractivity contribution >= 4 is 37.3 Å². The Hall–Kier alpha value is -3.62. The number of nitriles is 1. The van der Waals surface area contributed by atoms with Crippen LogP contribution in [0.3, 0.4) is 0 Å². The van der Waals surface area contributed by atoms with Gasteiger partial charge in [0.25, 0.3) is 0 Å². The second-order valence-electron chi connectivity index (χ2n) is 6.97. The smallest absolute Gasteiger partial charge is 0.230 e. The van der Waals surface area contributed by atoms with Crippen molar-refractivity contribution in [3.05, 3.63) is 59.3 Å². The molecular formula is C21H17N5O4S2. The van der Waals surface area contributed by atoms with Gasteiger partial charge in [-0.25, -0.2) is 13.4 Å². The van der Waals surface area contributed by atoms with Gasteiger partial charge in [0.05, 0.1) is 27.6 Å². The summed E-state index contributed by atoms with van der Waals surface area (Å²) in [6, 6.07) is 14.4. The number of nitrogens with zero attached hydrogens (tertiary/aromatic N) is 4. The van der Waals surface area contributed by atoms with Crippen molar-refractivity contribution in [2.24, 2.45) is 0 Å². The van der Waals surface area contributed by atoms with E-state index in [0.717, 1.165) is 26.4 Å². The minimum atomic E-state index is -3.29. The van der Waals surface area contributed by atoms with E-state index in [2.05, 4.69) is 20.5 Å². The molecule has 0 aliphatic heterocycles. The summed E-state index contributed by atoms with van der Waals surface area (Å²) in [5.41, 5.74) is 2.51. The van der Waals surface area contributed by atoms with Gasteiger partial charge in [-0.15, -0.1) is 21.5 Å². The topological polar surface area (TPSA) is 139 Å². The van der Waals surface area contributed by atoms with E-state index in [-0.39, 0.29) is 29.7 Å². The minimum absolute atomic E-state index is 0.0773. The van der Waals surface area contributed by atoms with Crippen LogP contribution in [0.5, 0.6) is 0 Å². The molecule has 0 unspecified atom stereocenters. The Bertz CT molecular complexity index is 1450. The maximum Gasteiger partial charge on any atom is 0.230 e. The number of amides is 1. The van der Waals surface area contributed by atoms with Gasteiger partial charge in [-0.2, -0.15) is 5.26 Å². The summed E-state index contributed by atoms with van der Waals surface area (Å²) in [7, 11) is -3.29. The SMILES string of the molecule is CS(=O)(=O)c1cccc(-c2ccc3nc(Cc4nnc(CC(=O)NCC#N)o4)sc3c2)c1. The molecule has 1 amide bonds. The van der Waals surface area contributed by atoms with Crippen molar-refractivity contribution in [3.63, 3.8) is 0 Å². The average Bonchev–Trinajstić information content (AvgIpc) is 3.37. The molecule has 2 aromatic carbocycles. The van der Waals surface area contributed by atoms with Crippen molar-refractivity contribution in [2.45, 2.75) is 17.7 Å². The maximum absolute atomic E-state index is 11.9. The molecule has 0 fully saturated rings. The Morgan fingerprint density at radius 3 is 2.72 bits per heavy atom. The molecule has 4 rings (SSSR count). The number of thiazole rings is 1. The molecule has 0 saturated carbocycles. The maximum atomic E-state index is 11.9. The molecule has 2 aromatic heterocycles. The first kappa shape index (κ1) is 21.6. The van der Waals surface area contributed by atoms with Crippen LogP contribution < -0.4 is 5.32 Å². The molecule has 9 nitrogen and oxygen atoms in total. The van der Waals surface area contributed by atoms with Crippen LogP contribution >= 0.6 is 11.3 Å². The van der Waals surface area contributed by atoms with Gasteiger partial charge in [0.15, 0.2) is 9.84 Å². The Morgan fingerprint density at radius 2 is 1.94 bits per heavy atom. The third-order valence-electron chi connectivity index (χ3n) is 4.52. The van der Waals surface area contributed by atoms with E-state index in [1.54, 1.807) is 18.2 Å². The average molecular weight is 468 g/mol. The fourth-order valence-electron chi connectivity index (χ4n) is 3.03. The number of hydrogen-bond acceptors (Lipinski definition) is 9. The fraction of sp³-hybridized carbons (Fsp3) is 0.190.